The zero-order chi connectivity index (χ0) is 24.2. The van der Waals surface area contributed by atoms with Crippen LogP contribution in [-0.4, -0.2) is 16.1 Å². The second kappa shape index (κ2) is 9.87. The summed E-state index contributed by atoms with van der Waals surface area (Å²) in [4.78, 5) is 14.8. The molecule has 0 unspecified atom stereocenters. The molecular formula is C30H26N2O3. The SMILES string of the molecule is NCc1cccc(-c2cc(COc3ccccc3CC(=O)O)cc(-c3cc4ccccc4[nH]3)c2)c1. The number of hydrogen-bond donors (Lipinski definition) is 3. The maximum absolute atomic E-state index is 11.3. The normalized spacial score (nSPS) is 11.0. The Labute approximate surface area is 203 Å². The molecule has 0 aliphatic heterocycles. The minimum Gasteiger partial charge on any atom is -0.489 e. The maximum Gasteiger partial charge on any atom is 0.307 e. The third kappa shape index (κ3) is 5.10. The first-order valence-corrected chi connectivity index (χ1v) is 11.5. The maximum atomic E-state index is 11.3. The van der Waals surface area contributed by atoms with Crippen LogP contribution in [0.1, 0.15) is 16.7 Å². The Hall–Kier alpha value is -4.35. The number of carboxylic acids is 1. The van der Waals surface area contributed by atoms with Crippen LogP contribution in [0.4, 0.5) is 0 Å². The Balaban J connectivity index is 1.54. The molecule has 5 heteroatoms. The van der Waals surface area contributed by atoms with E-state index < -0.39 is 5.97 Å². The summed E-state index contributed by atoms with van der Waals surface area (Å²) >= 11 is 0. The van der Waals surface area contributed by atoms with Crippen LogP contribution in [0.25, 0.3) is 33.3 Å². The van der Waals surface area contributed by atoms with Crippen LogP contribution >= 0.6 is 0 Å². The van der Waals surface area contributed by atoms with E-state index in [0.717, 1.165) is 44.4 Å². The van der Waals surface area contributed by atoms with Crippen molar-refractivity contribution in [3.63, 3.8) is 0 Å². The van der Waals surface area contributed by atoms with Crippen molar-refractivity contribution in [3.05, 3.63) is 114 Å². The number of carbonyl (C=O) groups is 1. The molecule has 0 saturated heterocycles. The lowest BCUT2D eigenvalue weighted by Crippen LogP contribution is -2.04. The predicted octanol–water partition coefficient (Wildman–Crippen LogP) is 6.17. The zero-order valence-electron chi connectivity index (χ0n) is 19.2. The van der Waals surface area contributed by atoms with Gasteiger partial charge in [0.2, 0.25) is 0 Å². The third-order valence-corrected chi connectivity index (χ3v) is 6.04. The van der Waals surface area contributed by atoms with Gasteiger partial charge in [-0.05, 0) is 70.3 Å². The average molecular weight is 463 g/mol. The number of para-hydroxylation sites is 2. The fourth-order valence-corrected chi connectivity index (χ4v) is 4.32. The molecule has 0 aliphatic carbocycles. The number of fused-ring (bicyclic) bond motifs is 1. The molecule has 4 N–H and O–H groups in total. The molecule has 0 fully saturated rings. The Morgan fingerprint density at radius 1 is 0.800 bits per heavy atom. The summed E-state index contributed by atoms with van der Waals surface area (Å²) in [6, 6.07) is 32.3. The van der Waals surface area contributed by atoms with Gasteiger partial charge < -0.3 is 20.6 Å². The second-order valence-corrected chi connectivity index (χ2v) is 8.56. The first-order chi connectivity index (χ1) is 17.1. The molecule has 1 aromatic heterocycles. The minimum atomic E-state index is -0.885. The van der Waals surface area contributed by atoms with Crippen molar-refractivity contribution in [2.45, 2.75) is 19.6 Å². The number of aromatic amines is 1. The highest BCUT2D eigenvalue weighted by molar-refractivity contribution is 5.86. The van der Waals surface area contributed by atoms with Gasteiger partial charge >= 0.3 is 5.97 Å². The molecule has 0 saturated carbocycles. The number of aliphatic carboxylic acids is 1. The minimum absolute atomic E-state index is 0.0809. The van der Waals surface area contributed by atoms with Crippen LogP contribution < -0.4 is 10.5 Å². The van der Waals surface area contributed by atoms with Gasteiger partial charge in [0, 0.05) is 28.7 Å². The van der Waals surface area contributed by atoms with E-state index in [1.807, 2.05) is 42.5 Å². The van der Waals surface area contributed by atoms with Gasteiger partial charge in [0.05, 0.1) is 6.42 Å². The van der Waals surface area contributed by atoms with Gasteiger partial charge in [0.15, 0.2) is 0 Å². The number of aromatic nitrogens is 1. The number of rotatable bonds is 8. The number of ether oxygens (including phenoxy) is 1. The van der Waals surface area contributed by atoms with Crippen LogP contribution in [-0.2, 0) is 24.4 Å². The largest absolute Gasteiger partial charge is 0.489 e. The Morgan fingerprint density at radius 3 is 2.40 bits per heavy atom. The summed E-state index contributed by atoms with van der Waals surface area (Å²) < 4.78 is 6.12. The van der Waals surface area contributed by atoms with Crippen LogP contribution in [0.5, 0.6) is 5.75 Å². The van der Waals surface area contributed by atoms with Crippen molar-refractivity contribution in [2.24, 2.45) is 5.73 Å². The van der Waals surface area contributed by atoms with Crippen molar-refractivity contribution in [2.75, 3.05) is 0 Å². The second-order valence-electron chi connectivity index (χ2n) is 8.56. The summed E-state index contributed by atoms with van der Waals surface area (Å²) in [5, 5.41) is 10.4. The standard InChI is InChI=1S/C30H26N2O3/c31-18-20-6-5-9-22(12-20)25-13-21(19-35-29-11-4-2-8-24(29)17-30(33)34)14-26(15-25)28-16-23-7-1-3-10-27(23)32-28/h1-16,32H,17-19,31H2,(H,33,34). The van der Waals surface area contributed by atoms with Crippen molar-refractivity contribution < 1.29 is 14.6 Å². The lowest BCUT2D eigenvalue weighted by atomic mass is 9.97. The van der Waals surface area contributed by atoms with Gasteiger partial charge in [-0.3, -0.25) is 4.79 Å². The fraction of sp³-hybridized carbons (Fsp3) is 0.100. The molecule has 4 aromatic carbocycles. The number of nitrogens with one attached hydrogen (secondary N) is 1. The van der Waals surface area contributed by atoms with E-state index in [1.54, 1.807) is 6.07 Å². The molecule has 5 nitrogen and oxygen atoms in total. The summed E-state index contributed by atoms with van der Waals surface area (Å²) in [6.07, 6.45) is -0.0809. The van der Waals surface area contributed by atoms with E-state index in [9.17, 15) is 9.90 Å². The molecule has 0 amide bonds. The summed E-state index contributed by atoms with van der Waals surface area (Å²) in [7, 11) is 0. The number of nitrogens with two attached hydrogens (primary N) is 1. The van der Waals surface area contributed by atoms with E-state index in [4.69, 9.17) is 10.5 Å². The third-order valence-electron chi connectivity index (χ3n) is 6.04. The van der Waals surface area contributed by atoms with E-state index in [-0.39, 0.29) is 6.42 Å². The molecule has 0 spiro atoms. The molecule has 1 heterocycles. The lowest BCUT2D eigenvalue weighted by Gasteiger charge is -2.13. The lowest BCUT2D eigenvalue weighted by molar-refractivity contribution is -0.136. The van der Waals surface area contributed by atoms with Gasteiger partial charge in [-0.1, -0.05) is 54.6 Å². The molecule has 0 bridgehead atoms. The number of benzene rings is 4. The van der Waals surface area contributed by atoms with E-state index in [2.05, 4.69) is 53.5 Å². The highest BCUT2D eigenvalue weighted by Gasteiger charge is 2.11. The van der Waals surface area contributed by atoms with Crippen LogP contribution in [0.2, 0.25) is 0 Å². The first kappa shape index (κ1) is 22.4. The number of carboxylic acid groups (broad SMARTS) is 1. The van der Waals surface area contributed by atoms with Gasteiger partial charge in [0.1, 0.15) is 12.4 Å². The van der Waals surface area contributed by atoms with Gasteiger partial charge in [0.25, 0.3) is 0 Å². The van der Waals surface area contributed by atoms with Gasteiger partial charge in [-0.25, -0.2) is 0 Å². The van der Waals surface area contributed by atoms with Crippen molar-refractivity contribution in [1.29, 1.82) is 0 Å². The monoisotopic (exact) mass is 462 g/mol. The molecule has 0 atom stereocenters. The number of H-pyrrole nitrogens is 1. The first-order valence-electron chi connectivity index (χ1n) is 11.5. The fourth-order valence-electron chi connectivity index (χ4n) is 4.32. The summed E-state index contributed by atoms with van der Waals surface area (Å²) in [5.74, 6) is -0.304. The molecule has 5 rings (SSSR count). The smallest absolute Gasteiger partial charge is 0.307 e. The summed E-state index contributed by atoms with van der Waals surface area (Å²) in [6.45, 7) is 0.792. The van der Waals surface area contributed by atoms with Crippen LogP contribution in [0.3, 0.4) is 0 Å². The Kier molecular flexibility index (Phi) is 6.33. The highest BCUT2D eigenvalue weighted by atomic mass is 16.5. The predicted molar refractivity (Wildman–Crippen MR) is 139 cm³/mol. The van der Waals surface area contributed by atoms with Crippen LogP contribution in [0.15, 0.2) is 97.1 Å². The highest BCUT2D eigenvalue weighted by Crippen LogP contribution is 2.31. The summed E-state index contributed by atoms with van der Waals surface area (Å²) in [5.41, 5.74) is 13.9. The van der Waals surface area contributed by atoms with E-state index in [0.29, 0.717) is 24.5 Å². The average Bonchev–Trinajstić information content (AvgIpc) is 3.32. The van der Waals surface area contributed by atoms with Crippen molar-refractivity contribution >= 4 is 16.9 Å². The van der Waals surface area contributed by atoms with Crippen LogP contribution in [0, 0.1) is 0 Å². The number of hydrogen-bond acceptors (Lipinski definition) is 3. The molecule has 5 aromatic rings. The molecular weight excluding hydrogens is 436 g/mol. The quantitative estimate of drug-likeness (QED) is 0.257. The van der Waals surface area contributed by atoms with E-state index in [1.165, 1.54) is 0 Å². The molecule has 35 heavy (non-hydrogen) atoms. The molecule has 0 aliphatic rings. The topological polar surface area (TPSA) is 88.3 Å². The molecule has 174 valence electrons. The van der Waals surface area contributed by atoms with Crippen molar-refractivity contribution in [1.82, 2.24) is 4.98 Å². The van der Waals surface area contributed by atoms with Gasteiger partial charge in [-0.2, -0.15) is 0 Å². The Morgan fingerprint density at radius 2 is 1.57 bits per heavy atom. The van der Waals surface area contributed by atoms with Crippen molar-refractivity contribution in [3.8, 4) is 28.1 Å². The Bertz CT molecular complexity index is 1470. The zero-order valence-corrected chi connectivity index (χ0v) is 19.2. The molecule has 0 radical (unpaired) electrons. The van der Waals surface area contributed by atoms with Gasteiger partial charge in [-0.15, -0.1) is 0 Å². The van der Waals surface area contributed by atoms with E-state index >= 15 is 0 Å².